The molecule has 0 aliphatic rings. The van der Waals surface area contributed by atoms with Gasteiger partial charge >= 0.3 is 0 Å². The molecule has 0 fully saturated rings. The van der Waals surface area contributed by atoms with Gasteiger partial charge in [-0.2, -0.15) is 5.10 Å². The van der Waals surface area contributed by atoms with Crippen LogP contribution in [0.3, 0.4) is 0 Å². The number of anilines is 1. The van der Waals surface area contributed by atoms with E-state index in [1.54, 1.807) is 18.7 Å². The van der Waals surface area contributed by atoms with E-state index in [-0.39, 0.29) is 6.04 Å². The van der Waals surface area contributed by atoms with Gasteiger partial charge in [0.15, 0.2) is 0 Å². The number of rotatable bonds is 4. The Hall–Kier alpha value is -1.91. The highest BCUT2D eigenvalue weighted by atomic mass is 15.2. The number of nitrogens with one attached hydrogen (secondary N) is 1. The van der Waals surface area contributed by atoms with Crippen molar-refractivity contribution < 1.29 is 0 Å². The zero-order chi connectivity index (χ0) is 11.4. The molecule has 0 spiro atoms. The maximum absolute atomic E-state index is 4.02. The van der Waals surface area contributed by atoms with Crippen molar-refractivity contribution in [1.82, 2.24) is 19.7 Å². The number of aromatic nitrogens is 4. The minimum Gasteiger partial charge on any atom is -0.364 e. The number of aryl methyl sites for hydroxylation is 1. The van der Waals surface area contributed by atoms with E-state index in [4.69, 9.17) is 0 Å². The smallest absolute Gasteiger partial charge is 0.149 e. The van der Waals surface area contributed by atoms with E-state index in [1.807, 2.05) is 23.8 Å². The van der Waals surface area contributed by atoms with Crippen LogP contribution in [-0.4, -0.2) is 25.8 Å². The molecule has 2 aromatic heterocycles. The van der Waals surface area contributed by atoms with Crippen LogP contribution in [0.25, 0.3) is 0 Å². The van der Waals surface area contributed by atoms with Crippen molar-refractivity contribution in [2.75, 3.05) is 5.32 Å². The van der Waals surface area contributed by atoms with Crippen molar-refractivity contribution in [3.63, 3.8) is 0 Å². The Morgan fingerprint density at radius 3 is 3.06 bits per heavy atom. The fourth-order valence-electron chi connectivity index (χ4n) is 1.54. The van der Waals surface area contributed by atoms with Crippen molar-refractivity contribution in [2.45, 2.75) is 26.4 Å². The van der Waals surface area contributed by atoms with E-state index in [2.05, 4.69) is 27.4 Å². The third-order valence-electron chi connectivity index (χ3n) is 2.23. The molecule has 1 N–H and O–H groups in total. The first-order valence-corrected chi connectivity index (χ1v) is 5.25. The van der Waals surface area contributed by atoms with E-state index in [0.717, 1.165) is 17.9 Å². The van der Waals surface area contributed by atoms with Gasteiger partial charge in [0, 0.05) is 25.0 Å². The SMILES string of the molecule is Cc1cnnc(NC(C)Cn2ccnc2)c1. The average Bonchev–Trinajstić information content (AvgIpc) is 2.70. The van der Waals surface area contributed by atoms with Crippen molar-refractivity contribution in [3.05, 3.63) is 36.5 Å². The van der Waals surface area contributed by atoms with E-state index < -0.39 is 0 Å². The van der Waals surface area contributed by atoms with Crippen LogP contribution in [0.4, 0.5) is 5.82 Å². The van der Waals surface area contributed by atoms with Crippen LogP contribution in [0.5, 0.6) is 0 Å². The van der Waals surface area contributed by atoms with Gasteiger partial charge in [0.2, 0.25) is 0 Å². The molecule has 0 saturated carbocycles. The summed E-state index contributed by atoms with van der Waals surface area (Å²) in [6.07, 6.45) is 7.27. The molecule has 2 aromatic rings. The van der Waals surface area contributed by atoms with Gasteiger partial charge in [-0.05, 0) is 25.5 Å². The molecule has 2 heterocycles. The van der Waals surface area contributed by atoms with E-state index in [0.29, 0.717) is 0 Å². The molecule has 0 saturated heterocycles. The number of nitrogens with zero attached hydrogens (tertiary/aromatic N) is 4. The van der Waals surface area contributed by atoms with Crippen LogP contribution >= 0.6 is 0 Å². The second-order valence-electron chi connectivity index (χ2n) is 3.92. The van der Waals surface area contributed by atoms with Crippen LogP contribution in [0.1, 0.15) is 12.5 Å². The molecule has 0 aliphatic heterocycles. The molecule has 0 radical (unpaired) electrons. The Balaban J connectivity index is 1.94. The minimum atomic E-state index is 0.283. The molecule has 0 aliphatic carbocycles. The number of imidazole rings is 1. The Morgan fingerprint density at radius 1 is 1.50 bits per heavy atom. The second-order valence-corrected chi connectivity index (χ2v) is 3.92. The highest BCUT2D eigenvalue weighted by Crippen LogP contribution is 2.06. The molecule has 1 unspecified atom stereocenters. The van der Waals surface area contributed by atoms with E-state index >= 15 is 0 Å². The van der Waals surface area contributed by atoms with Crippen molar-refractivity contribution >= 4 is 5.82 Å². The van der Waals surface area contributed by atoms with Gasteiger partial charge in [0.25, 0.3) is 0 Å². The predicted molar refractivity (Wildman–Crippen MR) is 62.1 cm³/mol. The molecule has 2 rings (SSSR count). The summed E-state index contributed by atoms with van der Waals surface area (Å²) in [5, 5.41) is 11.2. The molecule has 84 valence electrons. The molecule has 5 heteroatoms. The second kappa shape index (κ2) is 4.74. The first kappa shape index (κ1) is 10.6. The topological polar surface area (TPSA) is 55.6 Å². The first-order valence-electron chi connectivity index (χ1n) is 5.25. The summed E-state index contributed by atoms with van der Waals surface area (Å²) in [6, 6.07) is 2.27. The lowest BCUT2D eigenvalue weighted by molar-refractivity contribution is 0.616. The molecular weight excluding hydrogens is 202 g/mol. The van der Waals surface area contributed by atoms with Gasteiger partial charge in [-0.25, -0.2) is 4.98 Å². The highest BCUT2D eigenvalue weighted by Gasteiger charge is 2.03. The first-order chi connectivity index (χ1) is 7.74. The summed E-state index contributed by atoms with van der Waals surface area (Å²) in [5.41, 5.74) is 1.10. The molecule has 0 bridgehead atoms. The molecule has 1 atom stereocenters. The third kappa shape index (κ3) is 2.79. The summed E-state index contributed by atoms with van der Waals surface area (Å²) in [4.78, 5) is 4.00. The standard InChI is InChI=1S/C11H15N5/c1-9-5-11(15-13-6-9)14-10(2)7-16-4-3-12-8-16/h3-6,8,10H,7H2,1-2H3,(H,14,15). The molecule has 5 nitrogen and oxygen atoms in total. The van der Waals surface area contributed by atoms with E-state index in [1.165, 1.54) is 0 Å². The Morgan fingerprint density at radius 2 is 2.38 bits per heavy atom. The van der Waals surface area contributed by atoms with E-state index in [9.17, 15) is 0 Å². The lowest BCUT2D eigenvalue weighted by atomic mass is 10.3. The van der Waals surface area contributed by atoms with Crippen LogP contribution in [0.2, 0.25) is 0 Å². The molecule has 16 heavy (non-hydrogen) atoms. The van der Waals surface area contributed by atoms with Crippen LogP contribution < -0.4 is 5.32 Å². The summed E-state index contributed by atoms with van der Waals surface area (Å²) >= 11 is 0. The zero-order valence-electron chi connectivity index (χ0n) is 9.46. The average molecular weight is 217 g/mol. The third-order valence-corrected chi connectivity index (χ3v) is 2.23. The maximum Gasteiger partial charge on any atom is 0.149 e. The lowest BCUT2D eigenvalue weighted by Crippen LogP contribution is -2.22. The summed E-state index contributed by atoms with van der Waals surface area (Å²) in [7, 11) is 0. The molecule has 0 amide bonds. The van der Waals surface area contributed by atoms with Gasteiger partial charge in [0.1, 0.15) is 5.82 Å². The Kier molecular flexibility index (Phi) is 3.14. The van der Waals surface area contributed by atoms with Crippen molar-refractivity contribution in [3.8, 4) is 0 Å². The maximum atomic E-state index is 4.02. The minimum absolute atomic E-state index is 0.283. The monoisotopic (exact) mass is 217 g/mol. The van der Waals surface area contributed by atoms with Gasteiger partial charge in [0.05, 0.1) is 12.5 Å². The Labute approximate surface area is 94.5 Å². The van der Waals surface area contributed by atoms with Gasteiger partial charge in [-0.15, -0.1) is 5.10 Å². The van der Waals surface area contributed by atoms with Crippen molar-refractivity contribution in [2.24, 2.45) is 0 Å². The van der Waals surface area contributed by atoms with Crippen molar-refractivity contribution in [1.29, 1.82) is 0 Å². The van der Waals surface area contributed by atoms with Gasteiger partial charge in [-0.1, -0.05) is 0 Å². The summed E-state index contributed by atoms with van der Waals surface area (Å²) in [6.45, 7) is 4.96. The quantitative estimate of drug-likeness (QED) is 0.842. The van der Waals surface area contributed by atoms with Gasteiger partial charge in [-0.3, -0.25) is 0 Å². The fourth-order valence-corrected chi connectivity index (χ4v) is 1.54. The largest absolute Gasteiger partial charge is 0.364 e. The summed E-state index contributed by atoms with van der Waals surface area (Å²) < 4.78 is 2.03. The van der Waals surface area contributed by atoms with Crippen LogP contribution in [-0.2, 0) is 6.54 Å². The fraction of sp³-hybridized carbons (Fsp3) is 0.364. The Bertz CT molecular complexity index is 437. The van der Waals surface area contributed by atoms with Gasteiger partial charge < -0.3 is 9.88 Å². The van der Waals surface area contributed by atoms with Crippen LogP contribution in [0, 0.1) is 6.92 Å². The zero-order valence-corrected chi connectivity index (χ0v) is 9.46. The highest BCUT2D eigenvalue weighted by molar-refractivity contribution is 5.35. The predicted octanol–water partition coefficient (Wildman–Crippen LogP) is 1.48. The number of hydrogen-bond donors (Lipinski definition) is 1. The van der Waals surface area contributed by atoms with Crippen LogP contribution in [0.15, 0.2) is 31.0 Å². The number of hydrogen-bond acceptors (Lipinski definition) is 4. The molecular formula is C11H15N5. The lowest BCUT2D eigenvalue weighted by Gasteiger charge is -2.14. The molecule has 0 aromatic carbocycles. The summed E-state index contributed by atoms with van der Waals surface area (Å²) in [5.74, 6) is 0.813. The normalized spacial score (nSPS) is 12.4.